The van der Waals surface area contributed by atoms with Crippen LogP contribution in [0.3, 0.4) is 0 Å². The van der Waals surface area contributed by atoms with Gasteiger partial charge in [-0.05, 0) is 30.0 Å². The molecule has 22 heavy (non-hydrogen) atoms. The molecule has 1 aliphatic rings. The number of sulfonamides is 1. The Labute approximate surface area is 135 Å². The van der Waals surface area contributed by atoms with Crippen molar-refractivity contribution in [3.05, 3.63) is 35.5 Å². The molecule has 0 saturated carbocycles. The van der Waals surface area contributed by atoms with E-state index in [1.54, 1.807) is 7.05 Å². The van der Waals surface area contributed by atoms with Crippen LogP contribution < -0.4 is 10.0 Å². The fraction of sp³-hybridized carbons (Fsp3) is 0.385. The Morgan fingerprint density at radius 2 is 2.14 bits per heavy atom. The molecule has 2 aromatic rings. The van der Waals surface area contributed by atoms with E-state index in [1.165, 1.54) is 15.2 Å². The van der Waals surface area contributed by atoms with Gasteiger partial charge in [0.2, 0.25) is 0 Å². The van der Waals surface area contributed by atoms with Crippen molar-refractivity contribution in [3.63, 3.8) is 0 Å². The van der Waals surface area contributed by atoms with Crippen LogP contribution in [0.1, 0.15) is 17.5 Å². The van der Waals surface area contributed by atoms with Crippen LogP contribution in [-0.2, 0) is 30.0 Å². The Morgan fingerprint density at radius 1 is 1.36 bits per heavy atom. The summed E-state index contributed by atoms with van der Waals surface area (Å²) in [7, 11) is -2.07. The maximum absolute atomic E-state index is 12.8. The maximum atomic E-state index is 12.8. The van der Waals surface area contributed by atoms with Crippen LogP contribution in [0.25, 0.3) is 0 Å². The molecule has 9 heteroatoms. The predicted octanol–water partition coefficient (Wildman–Crippen LogP) is 0.837. The summed E-state index contributed by atoms with van der Waals surface area (Å²) in [4.78, 5) is 0. The molecule has 0 fully saturated rings. The molecule has 0 amide bonds. The molecular weight excluding hydrogens is 326 g/mol. The number of benzene rings is 1. The van der Waals surface area contributed by atoms with E-state index in [9.17, 15) is 8.42 Å². The monoisotopic (exact) mass is 343 g/mol. The number of fused-ring (bicyclic) bond motifs is 1. The number of aromatic nitrogens is 3. The lowest BCUT2D eigenvalue weighted by Crippen LogP contribution is -2.36. The predicted molar refractivity (Wildman–Crippen MR) is 85.4 cm³/mol. The first-order valence-electron chi connectivity index (χ1n) is 6.73. The van der Waals surface area contributed by atoms with Crippen molar-refractivity contribution in [2.45, 2.75) is 24.4 Å². The maximum Gasteiger partial charge on any atom is 0.283 e. The van der Waals surface area contributed by atoms with Gasteiger partial charge in [0.1, 0.15) is 0 Å². The minimum atomic E-state index is -3.64. The quantitative estimate of drug-likeness (QED) is 0.891. The highest BCUT2D eigenvalue weighted by Gasteiger charge is 2.31. The van der Waals surface area contributed by atoms with Crippen LogP contribution in [-0.4, -0.2) is 30.0 Å². The van der Waals surface area contributed by atoms with E-state index in [0.717, 1.165) is 29.7 Å². The lowest BCUT2D eigenvalue weighted by molar-refractivity contribution is 0.566. The van der Waals surface area contributed by atoms with Gasteiger partial charge in [0.05, 0.1) is 11.9 Å². The number of anilines is 1. The second-order valence-electron chi connectivity index (χ2n) is 5.04. The van der Waals surface area contributed by atoms with Gasteiger partial charge in [-0.15, -0.1) is 17.5 Å². The molecule has 0 aliphatic carbocycles. The Balaban J connectivity index is 0.00000176. The second-order valence-corrected chi connectivity index (χ2v) is 6.85. The number of nitrogens with two attached hydrogens (primary N) is 1. The smallest absolute Gasteiger partial charge is 0.283 e. The van der Waals surface area contributed by atoms with Gasteiger partial charge in [0, 0.05) is 20.1 Å². The van der Waals surface area contributed by atoms with E-state index >= 15 is 0 Å². The van der Waals surface area contributed by atoms with Crippen LogP contribution in [0.15, 0.2) is 29.4 Å². The molecule has 0 bridgehead atoms. The fourth-order valence-electron chi connectivity index (χ4n) is 2.62. The second kappa shape index (κ2) is 6.23. The molecule has 0 spiro atoms. The lowest BCUT2D eigenvalue weighted by atomic mass is 10.0. The van der Waals surface area contributed by atoms with Gasteiger partial charge in [-0.2, -0.15) is 8.42 Å². The van der Waals surface area contributed by atoms with Gasteiger partial charge >= 0.3 is 0 Å². The van der Waals surface area contributed by atoms with Crippen molar-refractivity contribution < 1.29 is 8.42 Å². The van der Waals surface area contributed by atoms with Crippen molar-refractivity contribution in [2.75, 3.05) is 10.8 Å². The number of hydrogen-bond acceptors (Lipinski definition) is 5. The summed E-state index contributed by atoms with van der Waals surface area (Å²) in [6.07, 6.45) is 2.92. The number of halogens is 1. The third-order valence-corrected chi connectivity index (χ3v) is 5.54. The zero-order valence-electron chi connectivity index (χ0n) is 12.1. The van der Waals surface area contributed by atoms with Crippen LogP contribution >= 0.6 is 12.4 Å². The summed E-state index contributed by atoms with van der Waals surface area (Å²) < 4.78 is 28.3. The third kappa shape index (κ3) is 2.69. The third-order valence-electron chi connectivity index (χ3n) is 3.68. The van der Waals surface area contributed by atoms with Crippen molar-refractivity contribution >= 4 is 28.1 Å². The molecule has 0 radical (unpaired) electrons. The zero-order chi connectivity index (χ0) is 15.0. The topological polar surface area (TPSA) is 94.1 Å². The van der Waals surface area contributed by atoms with Crippen LogP contribution in [0, 0.1) is 0 Å². The number of nitrogens with zero attached hydrogens (tertiary/aromatic N) is 4. The molecule has 120 valence electrons. The number of hydrogen-bond donors (Lipinski definition) is 1. The van der Waals surface area contributed by atoms with Crippen molar-refractivity contribution in [1.29, 1.82) is 0 Å². The van der Waals surface area contributed by atoms with Crippen LogP contribution in [0.5, 0.6) is 0 Å². The van der Waals surface area contributed by atoms with E-state index in [4.69, 9.17) is 5.73 Å². The first kappa shape index (κ1) is 16.7. The zero-order valence-corrected chi connectivity index (χ0v) is 13.8. The number of aryl methyl sites for hydroxylation is 2. The van der Waals surface area contributed by atoms with E-state index < -0.39 is 10.0 Å². The SMILES string of the molecule is Cl.Cn1nncc1S(=O)(=O)N1CCCc2cc(CN)ccc21. The van der Waals surface area contributed by atoms with Gasteiger partial charge < -0.3 is 5.73 Å². The van der Waals surface area contributed by atoms with Gasteiger partial charge in [-0.3, -0.25) is 4.31 Å². The summed E-state index contributed by atoms with van der Waals surface area (Å²) in [6, 6.07) is 5.69. The molecule has 0 unspecified atom stereocenters. The van der Waals surface area contributed by atoms with Crippen LogP contribution in [0.4, 0.5) is 5.69 Å². The van der Waals surface area contributed by atoms with Gasteiger partial charge in [-0.1, -0.05) is 17.3 Å². The van der Waals surface area contributed by atoms with E-state index in [0.29, 0.717) is 13.1 Å². The highest BCUT2D eigenvalue weighted by atomic mass is 35.5. The van der Waals surface area contributed by atoms with Gasteiger partial charge in [-0.25, -0.2) is 4.68 Å². The molecule has 2 heterocycles. The normalized spacial score (nSPS) is 14.4. The van der Waals surface area contributed by atoms with Gasteiger partial charge in [0.25, 0.3) is 10.0 Å². The Kier molecular flexibility index (Phi) is 4.74. The molecule has 1 aromatic heterocycles. The summed E-state index contributed by atoms with van der Waals surface area (Å²) in [5.74, 6) is 0. The molecule has 0 saturated heterocycles. The van der Waals surface area contributed by atoms with E-state index in [1.807, 2.05) is 18.2 Å². The molecule has 2 N–H and O–H groups in total. The summed E-state index contributed by atoms with van der Waals surface area (Å²) >= 11 is 0. The molecule has 3 rings (SSSR count). The summed E-state index contributed by atoms with van der Waals surface area (Å²) in [6.45, 7) is 0.911. The highest BCUT2D eigenvalue weighted by molar-refractivity contribution is 7.92. The number of rotatable bonds is 3. The average molecular weight is 344 g/mol. The summed E-state index contributed by atoms with van der Waals surface area (Å²) in [5, 5.41) is 7.46. The first-order valence-corrected chi connectivity index (χ1v) is 8.17. The van der Waals surface area contributed by atoms with Crippen molar-refractivity contribution in [2.24, 2.45) is 12.8 Å². The van der Waals surface area contributed by atoms with Crippen LogP contribution in [0.2, 0.25) is 0 Å². The average Bonchev–Trinajstić information content (AvgIpc) is 2.93. The van der Waals surface area contributed by atoms with E-state index in [2.05, 4.69) is 10.3 Å². The highest BCUT2D eigenvalue weighted by Crippen LogP contribution is 2.32. The Morgan fingerprint density at radius 3 is 2.77 bits per heavy atom. The standard InChI is InChI=1S/C13H17N5O2S.ClH/c1-17-13(9-15-16-17)21(19,20)18-6-2-3-11-7-10(8-14)4-5-12(11)18;/h4-5,7,9H,2-3,6,8,14H2,1H3;1H. The molecular formula is C13H18ClN5O2S. The minimum Gasteiger partial charge on any atom is -0.326 e. The van der Waals surface area contributed by atoms with E-state index in [-0.39, 0.29) is 17.4 Å². The largest absolute Gasteiger partial charge is 0.326 e. The molecule has 7 nitrogen and oxygen atoms in total. The Hall–Kier alpha value is -1.64. The first-order chi connectivity index (χ1) is 10.0. The molecule has 1 aromatic carbocycles. The molecule has 1 aliphatic heterocycles. The fourth-order valence-corrected chi connectivity index (χ4v) is 4.20. The molecule has 0 atom stereocenters. The summed E-state index contributed by atoms with van der Waals surface area (Å²) in [5.41, 5.74) is 8.40. The lowest BCUT2D eigenvalue weighted by Gasteiger charge is -2.30. The van der Waals surface area contributed by atoms with Crippen molar-refractivity contribution in [1.82, 2.24) is 15.0 Å². The Bertz CT molecular complexity index is 774. The van der Waals surface area contributed by atoms with Gasteiger partial charge in [0.15, 0.2) is 5.03 Å². The minimum absolute atomic E-state index is 0. The van der Waals surface area contributed by atoms with Crippen molar-refractivity contribution in [3.8, 4) is 0 Å².